The van der Waals surface area contributed by atoms with Crippen LogP contribution in [-0.2, 0) is 27.2 Å². The van der Waals surface area contributed by atoms with Gasteiger partial charge in [-0.25, -0.2) is 9.18 Å². The first kappa shape index (κ1) is 23.9. The Morgan fingerprint density at radius 1 is 1.03 bits per heavy atom. The minimum Gasteiger partial charge on any atom is -0.465 e. The molecule has 6 rings (SSSR count). The molecule has 1 fully saturated rings. The molecule has 1 N–H and O–H groups in total. The highest BCUT2D eigenvalue weighted by Gasteiger charge is 2.48. The summed E-state index contributed by atoms with van der Waals surface area (Å²) >= 11 is 0. The summed E-state index contributed by atoms with van der Waals surface area (Å²) in [6.07, 6.45) is 0.941. The molecule has 7 nitrogen and oxygen atoms in total. The molecule has 3 heterocycles. The molecule has 2 amide bonds. The number of methoxy groups -OCH3 is 1. The first-order valence-corrected chi connectivity index (χ1v) is 12.6. The van der Waals surface area contributed by atoms with Crippen LogP contribution < -0.4 is 0 Å². The Balaban J connectivity index is 1.37. The zero-order valence-electron chi connectivity index (χ0n) is 20.8. The van der Waals surface area contributed by atoms with E-state index in [1.165, 1.54) is 19.2 Å². The average Bonchev–Trinajstić information content (AvgIpc) is 3.32. The molecule has 0 bridgehead atoms. The summed E-state index contributed by atoms with van der Waals surface area (Å²) in [5.41, 5.74) is 4.96. The molecule has 0 saturated carbocycles. The summed E-state index contributed by atoms with van der Waals surface area (Å²) in [5, 5.41) is 1.03. The Labute approximate surface area is 218 Å². The number of hydrogen-bond donors (Lipinski definition) is 1. The Kier molecular flexibility index (Phi) is 5.94. The number of aromatic nitrogens is 1. The van der Waals surface area contributed by atoms with Crippen LogP contribution in [0.5, 0.6) is 0 Å². The van der Waals surface area contributed by atoms with Gasteiger partial charge in [0.15, 0.2) is 0 Å². The third-order valence-electron chi connectivity index (χ3n) is 7.57. The number of rotatable bonds is 5. The maximum Gasteiger partial charge on any atom is 0.337 e. The van der Waals surface area contributed by atoms with Crippen LogP contribution in [0.15, 0.2) is 72.8 Å². The smallest absolute Gasteiger partial charge is 0.337 e. The van der Waals surface area contributed by atoms with Crippen molar-refractivity contribution < 1.29 is 23.5 Å². The molecule has 2 aliphatic heterocycles. The number of nitrogens with zero attached hydrogens (tertiary/aromatic N) is 2. The van der Waals surface area contributed by atoms with E-state index in [2.05, 4.69) is 4.98 Å². The van der Waals surface area contributed by atoms with E-state index in [4.69, 9.17) is 4.74 Å². The number of nitrogens with one attached hydrogen (secondary N) is 1. The van der Waals surface area contributed by atoms with Crippen LogP contribution in [0.25, 0.3) is 10.9 Å². The lowest BCUT2D eigenvalue weighted by molar-refractivity contribution is -0.158. The topological polar surface area (TPSA) is 82.7 Å². The largest absolute Gasteiger partial charge is 0.465 e. The van der Waals surface area contributed by atoms with Crippen molar-refractivity contribution in [2.24, 2.45) is 0 Å². The third-order valence-corrected chi connectivity index (χ3v) is 7.57. The van der Waals surface area contributed by atoms with Crippen LogP contribution >= 0.6 is 0 Å². The Bertz CT molecular complexity index is 1540. The van der Waals surface area contributed by atoms with Gasteiger partial charge in [0.1, 0.15) is 11.9 Å². The van der Waals surface area contributed by atoms with E-state index in [9.17, 15) is 18.8 Å². The third kappa shape index (κ3) is 4.02. The number of carbonyl (C=O) groups is 3. The number of hydrogen-bond acceptors (Lipinski definition) is 4. The van der Waals surface area contributed by atoms with Crippen molar-refractivity contribution in [2.75, 3.05) is 20.2 Å². The van der Waals surface area contributed by atoms with Gasteiger partial charge in [-0.1, -0.05) is 42.5 Å². The van der Waals surface area contributed by atoms with Gasteiger partial charge in [0.05, 0.1) is 25.3 Å². The second-order valence-corrected chi connectivity index (χ2v) is 9.74. The van der Waals surface area contributed by atoms with Gasteiger partial charge in [-0.15, -0.1) is 0 Å². The summed E-state index contributed by atoms with van der Waals surface area (Å²) in [4.78, 5) is 46.3. The summed E-state index contributed by atoms with van der Waals surface area (Å²) in [6.45, 7) is 0.350. The van der Waals surface area contributed by atoms with E-state index in [1.54, 1.807) is 34.1 Å². The number of amides is 2. The molecule has 1 saturated heterocycles. The number of halogens is 1. The quantitative estimate of drug-likeness (QED) is 0.411. The van der Waals surface area contributed by atoms with E-state index in [-0.39, 0.29) is 24.2 Å². The van der Waals surface area contributed by atoms with Gasteiger partial charge in [0.25, 0.3) is 0 Å². The highest BCUT2D eigenvalue weighted by Crippen LogP contribution is 2.42. The lowest BCUT2D eigenvalue weighted by Gasteiger charge is -2.47. The Hall–Kier alpha value is -4.46. The Morgan fingerprint density at radius 2 is 1.76 bits per heavy atom. The van der Waals surface area contributed by atoms with Crippen LogP contribution in [0, 0.1) is 5.82 Å². The molecule has 8 heteroatoms. The van der Waals surface area contributed by atoms with Crippen LogP contribution in [0.4, 0.5) is 4.39 Å². The predicted molar refractivity (Wildman–Crippen MR) is 139 cm³/mol. The second kappa shape index (κ2) is 9.45. The van der Waals surface area contributed by atoms with Crippen molar-refractivity contribution in [2.45, 2.75) is 24.9 Å². The first-order chi connectivity index (χ1) is 18.4. The van der Waals surface area contributed by atoms with Crippen molar-refractivity contribution in [3.63, 3.8) is 0 Å². The Morgan fingerprint density at radius 3 is 2.50 bits per heavy atom. The molecule has 1 aromatic heterocycles. The van der Waals surface area contributed by atoms with Gasteiger partial charge in [0.2, 0.25) is 11.8 Å². The van der Waals surface area contributed by atoms with Gasteiger partial charge in [-0.3, -0.25) is 9.59 Å². The molecule has 3 aromatic carbocycles. The fourth-order valence-corrected chi connectivity index (χ4v) is 5.69. The van der Waals surface area contributed by atoms with Crippen LogP contribution in [0.2, 0.25) is 0 Å². The van der Waals surface area contributed by atoms with E-state index < -0.39 is 18.1 Å². The fraction of sp³-hybridized carbons (Fsp3) is 0.233. The highest BCUT2D eigenvalue weighted by atomic mass is 19.1. The zero-order chi connectivity index (χ0) is 26.4. The van der Waals surface area contributed by atoms with Gasteiger partial charge in [-0.2, -0.15) is 0 Å². The molecule has 2 aliphatic rings. The minimum atomic E-state index is -0.651. The molecule has 2 atom stereocenters. The summed E-state index contributed by atoms with van der Waals surface area (Å²) in [6, 6.07) is 20.0. The molecule has 192 valence electrons. The standard InChI is InChI=1S/C30H26FN3O4/c1-38-30(37)20-10-8-19(9-11-20)28-27-23(22-4-2-3-5-24(22)32-27)16-25-29(36)33(17-26(35)34(25)28)15-14-18-6-12-21(31)13-7-18/h2-13,25,28,32H,14-17H2,1H3/t25-,28-/m0/s1. The minimum absolute atomic E-state index is 0.0250. The van der Waals surface area contributed by atoms with E-state index in [1.807, 2.05) is 36.4 Å². The number of esters is 1. The van der Waals surface area contributed by atoms with Crippen molar-refractivity contribution in [1.29, 1.82) is 0 Å². The number of para-hydroxylation sites is 1. The molecule has 0 aliphatic carbocycles. The predicted octanol–water partition coefficient (Wildman–Crippen LogP) is 4.02. The second-order valence-electron chi connectivity index (χ2n) is 9.74. The van der Waals surface area contributed by atoms with E-state index in [0.29, 0.717) is 24.9 Å². The van der Waals surface area contributed by atoms with Crippen molar-refractivity contribution in [1.82, 2.24) is 14.8 Å². The van der Waals surface area contributed by atoms with Crippen LogP contribution in [-0.4, -0.2) is 58.8 Å². The molecular formula is C30H26FN3O4. The summed E-state index contributed by atoms with van der Waals surface area (Å²) < 4.78 is 18.1. The lowest BCUT2D eigenvalue weighted by atomic mass is 9.86. The number of H-pyrrole nitrogens is 1. The van der Waals surface area contributed by atoms with Crippen LogP contribution in [0.1, 0.15) is 38.8 Å². The maximum absolute atomic E-state index is 13.8. The summed E-state index contributed by atoms with van der Waals surface area (Å²) in [7, 11) is 1.33. The zero-order valence-corrected chi connectivity index (χ0v) is 20.8. The monoisotopic (exact) mass is 511 g/mol. The molecular weight excluding hydrogens is 485 g/mol. The first-order valence-electron chi connectivity index (χ1n) is 12.6. The normalized spacial score (nSPS) is 18.9. The molecule has 4 aromatic rings. The van der Waals surface area contributed by atoms with Crippen LogP contribution in [0.3, 0.4) is 0 Å². The highest BCUT2D eigenvalue weighted by molar-refractivity contribution is 5.97. The van der Waals surface area contributed by atoms with Crippen molar-refractivity contribution in [3.05, 3.63) is 107 Å². The van der Waals surface area contributed by atoms with Gasteiger partial charge in [0, 0.05) is 29.6 Å². The van der Waals surface area contributed by atoms with E-state index in [0.717, 1.165) is 33.3 Å². The average molecular weight is 512 g/mol. The number of ether oxygens (including phenoxy) is 1. The van der Waals surface area contributed by atoms with Crippen molar-refractivity contribution in [3.8, 4) is 0 Å². The van der Waals surface area contributed by atoms with E-state index >= 15 is 0 Å². The maximum atomic E-state index is 13.8. The SMILES string of the molecule is COC(=O)c1ccc([C@H]2c3[nH]c4ccccc4c3C[C@H]3C(=O)N(CCc4ccc(F)cc4)CC(=O)N23)cc1. The number of carbonyl (C=O) groups excluding carboxylic acids is 3. The molecule has 38 heavy (non-hydrogen) atoms. The number of piperazine rings is 1. The fourth-order valence-electron chi connectivity index (χ4n) is 5.69. The van der Waals surface area contributed by atoms with Gasteiger partial charge >= 0.3 is 5.97 Å². The molecule has 0 radical (unpaired) electrons. The van der Waals surface area contributed by atoms with Gasteiger partial charge < -0.3 is 19.5 Å². The van der Waals surface area contributed by atoms with Crippen molar-refractivity contribution >= 4 is 28.7 Å². The number of aromatic amines is 1. The summed E-state index contributed by atoms with van der Waals surface area (Å²) in [5.74, 6) is -0.986. The van der Waals surface area contributed by atoms with Gasteiger partial charge in [-0.05, 0) is 53.4 Å². The lowest BCUT2D eigenvalue weighted by Crippen LogP contribution is -2.63. The number of benzene rings is 3. The number of fused-ring (bicyclic) bond motifs is 4. The molecule has 0 unspecified atom stereocenters. The molecule has 0 spiro atoms.